The topological polar surface area (TPSA) is 65.2 Å². The first-order valence-corrected chi connectivity index (χ1v) is 6.20. The van der Waals surface area contributed by atoms with Gasteiger partial charge in [0.1, 0.15) is 16.4 Å². The van der Waals surface area contributed by atoms with Gasteiger partial charge >= 0.3 is 5.97 Å². The van der Waals surface area contributed by atoms with Crippen molar-refractivity contribution in [3.05, 3.63) is 53.1 Å². The van der Waals surface area contributed by atoms with Gasteiger partial charge in [-0.15, -0.1) is 0 Å². The lowest BCUT2D eigenvalue weighted by Gasteiger charge is -2.03. The Labute approximate surface area is 119 Å². The summed E-state index contributed by atoms with van der Waals surface area (Å²) in [5.74, 6) is 0.446. The zero-order chi connectivity index (χ0) is 14.1. The van der Waals surface area contributed by atoms with E-state index in [1.165, 1.54) is 18.3 Å². The maximum atomic E-state index is 12.0. The van der Waals surface area contributed by atoms with Crippen molar-refractivity contribution in [1.29, 1.82) is 0 Å². The van der Waals surface area contributed by atoms with Crippen molar-refractivity contribution in [2.45, 2.75) is 6.92 Å². The summed E-state index contributed by atoms with van der Waals surface area (Å²) in [6.07, 6.45) is 1.45. The number of carbonyl (C=O) groups is 1. The summed E-state index contributed by atoms with van der Waals surface area (Å²) in [6, 6.07) is 7.98. The van der Waals surface area contributed by atoms with E-state index in [-0.39, 0.29) is 5.15 Å². The number of nitrogens with zero attached hydrogens (tertiary/aromatic N) is 2. The molecule has 3 rings (SSSR count). The molecule has 20 heavy (non-hydrogen) atoms. The highest BCUT2D eigenvalue weighted by molar-refractivity contribution is 6.29. The number of carbonyl (C=O) groups excluding carboxylic acids is 1. The minimum absolute atomic E-state index is 0.238. The summed E-state index contributed by atoms with van der Waals surface area (Å²) in [5.41, 5.74) is 1.62. The molecular weight excluding hydrogens is 280 g/mol. The summed E-state index contributed by atoms with van der Waals surface area (Å²) in [4.78, 5) is 19.9. The molecule has 5 nitrogen and oxygen atoms in total. The standard InChI is InChI=1S/C14H9ClN2O3/c1-8-17-11-7-10(2-3-12(11)19-8)20-14(18)9-4-5-16-13(15)6-9/h2-7H,1H3. The highest BCUT2D eigenvalue weighted by atomic mass is 35.5. The second-order valence-corrected chi connectivity index (χ2v) is 4.51. The van der Waals surface area contributed by atoms with Crippen molar-refractivity contribution >= 4 is 28.7 Å². The first kappa shape index (κ1) is 12.6. The Kier molecular flexibility index (Phi) is 3.12. The van der Waals surface area contributed by atoms with Crippen LogP contribution in [-0.2, 0) is 0 Å². The molecular formula is C14H9ClN2O3. The lowest BCUT2D eigenvalue weighted by atomic mass is 10.2. The smallest absolute Gasteiger partial charge is 0.343 e. The first-order chi connectivity index (χ1) is 9.61. The molecule has 6 heteroatoms. The van der Waals surface area contributed by atoms with E-state index in [2.05, 4.69) is 9.97 Å². The van der Waals surface area contributed by atoms with E-state index in [9.17, 15) is 4.79 Å². The third kappa shape index (κ3) is 2.48. The number of esters is 1. The van der Waals surface area contributed by atoms with Crippen LogP contribution in [0.2, 0.25) is 5.15 Å². The second kappa shape index (κ2) is 4.94. The summed E-state index contributed by atoms with van der Waals surface area (Å²) in [5, 5.41) is 0.238. The number of benzene rings is 1. The highest BCUT2D eigenvalue weighted by Crippen LogP contribution is 2.22. The van der Waals surface area contributed by atoms with Gasteiger partial charge in [-0.05, 0) is 24.3 Å². The van der Waals surface area contributed by atoms with Crippen LogP contribution in [0, 0.1) is 6.92 Å². The van der Waals surface area contributed by atoms with E-state index in [0.717, 1.165) is 0 Å². The fourth-order valence-electron chi connectivity index (χ4n) is 1.78. The predicted molar refractivity (Wildman–Crippen MR) is 73.0 cm³/mol. The van der Waals surface area contributed by atoms with Gasteiger partial charge in [0.15, 0.2) is 11.5 Å². The van der Waals surface area contributed by atoms with Gasteiger partial charge in [0.25, 0.3) is 0 Å². The van der Waals surface area contributed by atoms with Gasteiger partial charge in [-0.1, -0.05) is 11.6 Å². The van der Waals surface area contributed by atoms with Gasteiger partial charge in [0.05, 0.1) is 5.56 Å². The van der Waals surface area contributed by atoms with Crippen LogP contribution in [0.15, 0.2) is 40.9 Å². The maximum Gasteiger partial charge on any atom is 0.343 e. The molecule has 0 bridgehead atoms. The molecule has 2 aromatic heterocycles. The normalized spacial score (nSPS) is 10.7. The number of aryl methyl sites for hydroxylation is 1. The van der Waals surface area contributed by atoms with E-state index in [1.807, 2.05) is 0 Å². The lowest BCUT2D eigenvalue weighted by Crippen LogP contribution is -2.08. The van der Waals surface area contributed by atoms with E-state index in [0.29, 0.717) is 28.3 Å². The molecule has 0 radical (unpaired) electrons. The van der Waals surface area contributed by atoms with Crippen molar-refractivity contribution in [2.75, 3.05) is 0 Å². The number of aromatic nitrogens is 2. The molecule has 0 saturated carbocycles. The van der Waals surface area contributed by atoms with Crippen LogP contribution in [-0.4, -0.2) is 15.9 Å². The van der Waals surface area contributed by atoms with Gasteiger partial charge in [0.2, 0.25) is 0 Å². The number of halogens is 1. The molecule has 2 heterocycles. The highest BCUT2D eigenvalue weighted by Gasteiger charge is 2.11. The van der Waals surface area contributed by atoms with Crippen molar-refractivity contribution < 1.29 is 13.9 Å². The third-order valence-corrected chi connectivity index (χ3v) is 2.85. The molecule has 0 aliphatic heterocycles. The van der Waals surface area contributed by atoms with Crippen molar-refractivity contribution in [3.8, 4) is 5.75 Å². The van der Waals surface area contributed by atoms with E-state index >= 15 is 0 Å². The van der Waals surface area contributed by atoms with Crippen LogP contribution in [0.25, 0.3) is 11.1 Å². The minimum atomic E-state index is -0.506. The van der Waals surface area contributed by atoms with Crippen molar-refractivity contribution in [1.82, 2.24) is 9.97 Å². The molecule has 100 valence electrons. The third-order valence-electron chi connectivity index (χ3n) is 2.64. The summed E-state index contributed by atoms with van der Waals surface area (Å²) >= 11 is 5.73. The fraction of sp³-hybridized carbons (Fsp3) is 0.0714. The van der Waals surface area contributed by atoms with Gasteiger partial charge in [-0.25, -0.2) is 14.8 Å². The number of rotatable bonds is 2. The predicted octanol–water partition coefficient (Wildman–Crippen LogP) is 3.40. The van der Waals surface area contributed by atoms with Crippen LogP contribution in [0.4, 0.5) is 0 Å². The fourth-order valence-corrected chi connectivity index (χ4v) is 1.96. The van der Waals surface area contributed by atoms with Gasteiger partial charge in [0, 0.05) is 19.2 Å². The van der Waals surface area contributed by atoms with Crippen molar-refractivity contribution in [3.63, 3.8) is 0 Å². The van der Waals surface area contributed by atoms with Gasteiger partial charge in [-0.3, -0.25) is 0 Å². The minimum Gasteiger partial charge on any atom is -0.441 e. The van der Waals surface area contributed by atoms with Crippen LogP contribution >= 0.6 is 11.6 Å². The average Bonchev–Trinajstić information content (AvgIpc) is 2.78. The molecule has 0 saturated heterocycles. The number of fused-ring (bicyclic) bond motifs is 1. The molecule has 0 aliphatic carbocycles. The molecule has 1 aromatic carbocycles. The molecule has 0 atom stereocenters. The van der Waals surface area contributed by atoms with Crippen LogP contribution < -0.4 is 4.74 Å². The molecule has 0 unspecified atom stereocenters. The quantitative estimate of drug-likeness (QED) is 0.411. The Morgan fingerprint density at radius 1 is 1.30 bits per heavy atom. The second-order valence-electron chi connectivity index (χ2n) is 4.12. The summed E-state index contributed by atoms with van der Waals surface area (Å²) in [7, 11) is 0. The van der Waals surface area contributed by atoms with E-state index in [4.69, 9.17) is 20.8 Å². The monoisotopic (exact) mass is 288 g/mol. The molecule has 0 amide bonds. The Morgan fingerprint density at radius 2 is 2.15 bits per heavy atom. The SMILES string of the molecule is Cc1nc2cc(OC(=O)c3ccnc(Cl)c3)ccc2o1. The maximum absolute atomic E-state index is 12.0. The van der Waals surface area contributed by atoms with E-state index < -0.39 is 5.97 Å². The molecule has 0 spiro atoms. The molecule has 0 N–H and O–H groups in total. The zero-order valence-electron chi connectivity index (χ0n) is 10.5. The summed E-state index contributed by atoms with van der Waals surface area (Å²) in [6.45, 7) is 1.75. The molecule has 0 fully saturated rings. The number of hydrogen-bond donors (Lipinski definition) is 0. The summed E-state index contributed by atoms with van der Waals surface area (Å²) < 4.78 is 10.6. The van der Waals surface area contributed by atoms with Gasteiger partial charge in [-0.2, -0.15) is 0 Å². The molecule has 3 aromatic rings. The lowest BCUT2D eigenvalue weighted by molar-refractivity contribution is 0.0735. The Hall–Kier alpha value is -2.40. The van der Waals surface area contributed by atoms with E-state index in [1.54, 1.807) is 25.1 Å². The first-order valence-electron chi connectivity index (χ1n) is 5.83. The van der Waals surface area contributed by atoms with Crippen molar-refractivity contribution in [2.24, 2.45) is 0 Å². The zero-order valence-corrected chi connectivity index (χ0v) is 11.2. The number of ether oxygens (including phenoxy) is 1. The average molecular weight is 289 g/mol. The van der Waals surface area contributed by atoms with Crippen LogP contribution in [0.3, 0.4) is 0 Å². The number of hydrogen-bond acceptors (Lipinski definition) is 5. The Morgan fingerprint density at radius 3 is 2.95 bits per heavy atom. The molecule has 0 aliphatic rings. The van der Waals surface area contributed by atoms with Crippen LogP contribution in [0.1, 0.15) is 16.2 Å². The van der Waals surface area contributed by atoms with Crippen LogP contribution in [0.5, 0.6) is 5.75 Å². The number of oxazole rings is 1. The Bertz CT molecular complexity index is 798. The number of pyridine rings is 1. The Balaban J connectivity index is 1.87. The van der Waals surface area contributed by atoms with Gasteiger partial charge < -0.3 is 9.15 Å². The largest absolute Gasteiger partial charge is 0.441 e.